The fourth-order valence-electron chi connectivity index (χ4n) is 12.4. The number of aryl methyl sites for hydroxylation is 1. The van der Waals surface area contributed by atoms with Crippen LogP contribution in [0.15, 0.2) is 180 Å². The molecule has 3 aromatic heterocycles. The molecule has 8 heteroatoms. The van der Waals surface area contributed by atoms with Crippen LogP contribution in [0.2, 0.25) is 0 Å². The summed E-state index contributed by atoms with van der Waals surface area (Å²) in [6.07, 6.45) is 3.36. The number of hydrogen-bond donors (Lipinski definition) is 0. The molecular weight excluding hydrogens is 955 g/mol. The number of nitrogens with zero attached hydrogens (tertiary/aromatic N) is 1. The maximum absolute atomic E-state index is 7.32. The molecule has 0 aliphatic carbocycles. The van der Waals surface area contributed by atoms with Gasteiger partial charge in [0.05, 0.1) is 21.8 Å². The van der Waals surface area contributed by atoms with E-state index in [1.165, 1.54) is 108 Å². The van der Waals surface area contributed by atoms with Crippen molar-refractivity contribution in [2.24, 2.45) is 0 Å². The second-order valence-corrected chi connectivity index (χ2v) is 21.9. The number of halogens is 1. The number of benzene rings is 9. The van der Waals surface area contributed by atoms with Crippen molar-refractivity contribution in [1.82, 2.24) is 4.57 Å². The fourth-order valence-corrected chi connectivity index (χ4v) is 15.6. The first kappa shape index (κ1) is 37.1. The summed E-state index contributed by atoms with van der Waals surface area (Å²) in [4.78, 5) is 5.38. The first-order valence-electron chi connectivity index (χ1n) is 23.1. The summed E-state index contributed by atoms with van der Waals surface area (Å²) < 4.78 is 18.4. The molecule has 0 atom stereocenters. The van der Waals surface area contributed by atoms with Gasteiger partial charge in [-0.25, -0.2) is 0 Å². The van der Waals surface area contributed by atoms with Gasteiger partial charge in [-0.1, -0.05) is 169 Å². The summed E-state index contributed by atoms with van der Waals surface area (Å²) in [5, 5.41) is 6.98. The summed E-state index contributed by atoms with van der Waals surface area (Å²) in [6.45, 7) is 2.28. The third-order valence-electron chi connectivity index (χ3n) is 15.1. The predicted molar refractivity (Wildman–Crippen MR) is 288 cm³/mol. The third kappa shape index (κ3) is 4.70. The van der Waals surface area contributed by atoms with Crippen molar-refractivity contribution in [3.8, 4) is 27.9 Å². The molecule has 0 saturated heterocycles. The van der Waals surface area contributed by atoms with Crippen LogP contribution in [0.1, 0.15) is 25.3 Å². The van der Waals surface area contributed by atoms with Gasteiger partial charge in [0.1, 0.15) is 22.3 Å². The lowest BCUT2D eigenvalue weighted by molar-refractivity contribution is 0.669. The number of unbranched alkanes of at least 4 members (excludes halogenated alkanes) is 1. The smallest absolute Gasteiger partial charge is 0.249 e. The summed E-state index contributed by atoms with van der Waals surface area (Å²) in [7, 11) is 0. The Balaban J connectivity index is 1.13. The summed E-state index contributed by atoms with van der Waals surface area (Å²) in [5.41, 5.74) is 22.3. The largest absolute Gasteiger partial charge is 0.455 e. The van der Waals surface area contributed by atoms with Gasteiger partial charge in [0.25, 0.3) is 0 Å². The van der Waals surface area contributed by atoms with Crippen molar-refractivity contribution in [3.63, 3.8) is 0 Å². The van der Waals surface area contributed by atoms with E-state index < -0.39 is 0 Å². The highest BCUT2D eigenvalue weighted by Crippen LogP contribution is 2.50. The first-order valence-corrected chi connectivity index (χ1v) is 25.8. The Morgan fingerprint density at radius 2 is 1.08 bits per heavy atom. The third-order valence-corrected chi connectivity index (χ3v) is 18.2. The second kappa shape index (κ2) is 13.3. The maximum atomic E-state index is 7.32. The van der Waals surface area contributed by atoms with E-state index >= 15 is 0 Å². The monoisotopic (exact) mass is 989 g/mol. The number of fused-ring (bicyclic) bond motifs is 15. The van der Waals surface area contributed by atoms with Crippen molar-refractivity contribution in [2.75, 3.05) is 0 Å². The van der Waals surface area contributed by atoms with Crippen LogP contribution >= 0.6 is 46.1 Å². The van der Waals surface area contributed by atoms with Gasteiger partial charge in [-0.2, -0.15) is 0 Å². The summed E-state index contributed by atoms with van der Waals surface area (Å²) in [5.74, 6) is 0. The molecule has 0 radical (unpaired) electrons. The van der Waals surface area contributed by atoms with Crippen LogP contribution in [-0.2, 0) is 6.42 Å². The lowest BCUT2D eigenvalue weighted by Gasteiger charge is -2.41. The van der Waals surface area contributed by atoms with E-state index in [4.69, 9.17) is 8.83 Å². The minimum absolute atomic E-state index is 0.00857. The van der Waals surface area contributed by atoms with E-state index in [1.54, 1.807) is 0 Å². The Kier molecular flexibility index (Phi) is 7.48. The zero-order valence-corrected chi connectivity index (χ0v) is 39.5. The average Bonchev–Trinajstić information content (AvgIpc) is 4.03. The molecule has 4 aliphatic heterocycles. The lowest BCUT2D eigenvalue weighted by atomic mass is 9.31. The minimum atomic E-state index is 0.00857. The zero-order valence-electron chi connectivity index (χ0n) is 35.7. The molecule has 4 aliphatic rings. The molecule has 66 heavy (non-hydrogen) atoms. The van der Waals surface area contributed by atoms with E-state index in [2.05, 4.69) is 186 Å². The molecule has 308 valence electrons. The molecule has 0 unspecified atom stereocenters. The average molecular weight is 990 g/mol. The summed E-state index contributed by atoms with van der Waals surface area (Å²) in [6, 6.07) is 57.3. The van der Waals surface area contributed by atoms with Crippen LogP contribution in [0.3, 0.4) is 0 Å². The highest BCUT2D eigenvalue weighted by Gasteiger charge is 2.49. The van der Waals surface area contributed by atoms with Crippen LogP contribution in [0.25, 0.3) is 93.6 Å². The van der Waals surface area contributed by atoms with Crippen molar-refractivity contribution < 1.29 is 8.83 Å². The molecule has 3 nitrogen and oxygen atoms in total. The molecular formula is C58H34B2INO2S2. The van der Waals surface area contributed by atoms with Gasteiger partial charge in [-0.15, -0.1) is 0 Å². The highest BCUT2D eigenvalue weighted by molar-refractivity contribution is 14.1. The van der Waals surface area contributed by atoms with E-state index in [0.29, 0.717) is 0 Å². The molecule has 0 saturated carbocycles. The van der Waals surface area contributed by atoms with Crippen molar-refractivity contribution in [2.45, 2.75) is 45.8 Å². The van der Waals surface area contributed by atoms with Crippen LogP contribution in [-0.4, -0.2) is 18.0 Å². The zero-order chi connectivity index (χ0) is 43.1. The molecule has 7 heterocycles. The Hall–Kier alpha value is -6.06. The van der Waals surface area contributed by atoms with Crippen molar-refractivity contribution >= 4 is 158 Å². The van der Waals surface area contributed by atoms with Crippen LogP contribution < -0.4 is 32.8 Å². The van der Waals surface area contributed by atoms with E-state index in [9.17, 15) is 0 Å². The molecule has 16 rings (SSSR count). The SMILES string of the molecule is CCCCc1ccc2c(c1)oc1c2cc2c3c1c1c4oc5cc(I)ccc5c4cc4c1n3-c1c3c(cc5c1B2c1cccc(-c2ccccc2)c1S5)Sc1c(cccc1-c1ccccc1)B34. The number of furan rings is 2. The molecule has 12 aromatic rings. The molecule has 0 N–H and O–H groups in total. The molecule has 0 bridgehead atoms. The van der Waals surface area contributed by atoms with Crippen LogP contribution in [0.4, 0.5) is 0 Å². The van der Waals surface area contributed by atoms with Gasteiger partial charge in [0.15, 0.2) is 0 Å². The quantitative estimate of drug-likeness (QED) is 0.127. The normalized spacial score (nSPS) is 13.9. The van der Waals surface area contributed by atoms with Gasteiger partial charge in [0.2, 0.25) is 13.4 Å². The van der Waals surface area contributed by atoms with Crippen molar-refractivity contribution in [1.29, 1.82) is 0 Å². The highest BCUT2D eigenvalue weighted by atomic mass is 127. The molecule has 0 spiro atoms. The van der Waals surface area contributed by atoms with Gasteiger partial charge in [-0.3, -0.25) is 0 Å². The number of aromatic nitrogens is 1. The maximum Gasteiger partial charge on any atom is 0.249 e. The lowest BCUT2D eigenvalue weighted by Crippen LogP contribution is -2.65. The first-order chi connectivity index (χ1) is 32.6. The fraction of sp³-hybridized carbons (Fsp3) is 0.0690. The van der Waals surface area contributed by atoms with E-state index in [0.717, 1.165) is 66.7 Å². The Bertz CT molecular complexity index is 4190. The molecule has 0 fully saturated rings. The summed E-state index contributed by atoms with van der Waals surface area (Å²) >= 11 is 6.36. The Morgan fingerprint density at radius 3 is 1.64 bits per heavy atom. The van der Waals surface area contributed by atoms with Gasteiger partial charge >= 0.3 is 0 Å². The van der Waals surface area contributed by atoms with Gasteiger partial charge in [-0.05, 0) is 115 Å². The van der Waals surface area contributed by atoms with E-state index in [-0.39, 0.29) is 13.4 Å². The standard InChI is InChI=1S/C58H34B2INO2S2/c1-2-3-12-30-21-23-36-38-27-42-52-48(55(38)63-44(36)25-30)49-53-43(28-39-37-24-22-33(61)26-45(37)64-56(39)49)60-41-20-11-18-35(32-15-8-5-9-16-32)58(41)66-47-29-46-50(54(51(47)60)62(52)53)59(42)40-19-10-17-34(57(40)65-46)31-13-6-4-7-14-31/h4-11,13-29H,2-3,12H2,1H3. The van der Waals surface area contributed by atoms with Crippen molar-refractivity contribution in [3.05, 3.63) is 161 Å². The topological polar surface area (TPSA) is 31.2 Å². The second-order valence-electron chi connectivity index (χ2n) is 18.5. The van der Waals surface area contributed by atoms with Crippen LogP contribution in [0, 0.1) is 3.57 Å². The number of hydrogen-bond acceptors (Lipinski definition) is 4. The minimum Gasteiger partial charge on any atom is -0.455 e. The van der Waals surface area contributed by atoms with Gasteiger partial charge < -0.3 is 13.4 Å². The molecule has 9 aromatic carbocycles. The Morgan fingerprint density at radius 1 is 0.530 bits per heavy atom. The molecule has 0 amide bonds. The van der Waals surface area contributed by atoms with Crippen LogP contribution in [0.5, 0.6) is 0 Å². The number of rotatable bonds is 5. The van der Waals surface area contributed by atoms with E-state index in [1.807, 2.05) is 23.5 Å². The Labute approximate surface area is 402 Å². The van der Waals surface area contributed by atoms with Gasteiger partial charge in [0, 0.05) is 50.4 Å². The predicted octanol–water partition coefficient (Wildman–Crippen LogP) is 12.5.